The maximum Gasteiger partial charge on any atom is 0.459 e. The molecule has 0 saturated heterocycles. The van der Waals surface area contributed by atoms with Gasteiger partial charge in [-0.1, -0.05) is 12.1 Å². The Kier molecular flexibility index (Phi) is 3.97. The first-order chi connectivity index (χ1) is 13.0. The minimum atomic E-state index is -0.872. The number of aliphatic imine (C=N–C) groups is 1. The van der Waals surface area contributed by atoms with Gasteiger partial charge in [-0.05, 0) is 40.4 Å². The number of nitrogens with zero attached hydrogens (tertiary/aromatic N) is 4. The molecule has 0 bridgehead atoms. The van der Waals surface area contributed by atoms with Gasteiger partial charge in [-0.15, -0.1) is 0 Å². The number of amidine groups is 1. The summed E-state index contributed by atoms with van der Waals surface area (Å²) in [5.74, 6) is -1.42. The van der Waals surface area contributed by atoms with E-state index in [0.29, 0.717) is 5.84 Å². The summed E-state index contributed by atoms with van der Waals surface area (Å²) in [4.78, 5) is 21.2. The summed E-state index contributed by atoms with van der Waals surface area (Å²) in [5, 5.41) is 6.46. The first-order valence-electron chi connectivity index (χ1n) is 8.10. The van der Waals surface area contributed by atoms with Crippen molar-refractivity contribution in [3.63, 3.8) is 0 Å². The average molecular weight is 366 g/mol. The van der Waals surface area contributed by atoms with E-state index in [0.717, 1.165) is 28.8 Å². The second-order valence-electron chi connectivity index (χ2n) is 6.04. The van der Waals surface area contributed by atoms with Crippen LogP contribution in [-0.4, -0.2) is 27.8 Å². The quantitative estimate of drug-likeness (QED) is 0.815. The van der Waals surface area contributed by atoms with Crippen molar-refractivity contribution in [1.82, 2.24) is 4.98 Å². The Morgan fingerprint density at radius 2 is 1.93 bits per heavy atom. The molecule has 2 aliphatic heterocycles. The first kappa shape index (κ1) is 16.9. The molecule has 1 aromatic heterocycles. The standard InChI is InChI=1S/C19H13F2N5O/c1-12-8-17-23-11-24-26(17,10-14(12)13-4-3-7-22-9-13)19(27)25-18-15(20)5-2-6-16(18)21/h2-11H,1H3/p+1. The van der Waals surface area contributed by atoms with Crippen molar-refractivity contribution >= 4 is 29.5 Å². The molecule has 8 heteroatoms. The molecule has 1 unspecified atom stereocenters. The number of carbonyl (C=O) groups is 1. The molecule has 27 heavy (non-hydrogen) atoms. The summed E-state index contributed by atoms with van der Waals surface area (Å²) in [6.07, 6.45) is 7.86. The predicted molar refractivity (Wildman–Crippen MR) is 97.5 cm³/mol. The van der Waals surface area contributed by atoms with E-state index < -0.39 is 27.9 Å². The van der Waals surface area contributed by atoms with Gasteiger partial charge in [-0.3, -0.25) is 10.3 Å². The lowest BCUT2D eigenvalue weighted by Crippen LogP contribution is -2.50. The third kappa shape index (κ3) is 2.76. The van der Waals surface area contributed by atoms with Gasteiger partial charge in [0.15, 0.2) is 6.34 Å². The van der Waals surface area contributed by atoms with Gasteiger partial charge >= 0.3 is 6.03 Å². The van der Waals surface area contributed by atoms with Crippen LogP contribution in [0.2, 0.25) is 0 Å². The number of pyridine rings is 1. The van der Waals surface area contributed by atoms with E-state index in [-0.39, 0.29) is 0 Å². The molecule has 4 rings (SSSR count). The van der Waals surface area contributed by atoms with Crippen molar-refractivity contribution in [1.29, 1.82) is 0 Å². The molecule has 0 aliphatic carbocycles. The molecule has 6 nitrogen and oxygen atoms in total. The molecule has 1 aromatic carbocycles. The van der Waals surface area contributed by atoms with E-state index in [2.05, 4.69) is 20.4 Å². The number of fused-ring (bicyclic) bond motifs is 1. The number of hydrogen-bond acceptors (Lipinski definition) is 4. The zero-order chi connectivity index (χ0) is 19.0. The van der Waals surface area contributed by atoms with Gasteiger partial charge in [0, 0.05) is 29.6 Å². The molecule has 0 spiro atoms. The number of halogens is 2. The van der Waals surface area contributed by atoms with Crippen LogP contribution in [0, 0.1) is 11.6 Å². The summed E-state index contributed by atoms with van der Waals surface area (Å²) < 4.78 is 27.2. The van der Waals surface area contributed by atoms with Gasteiger partial charge in [-0.2, -0.15) is 4.99 Å². The van der Waals surface area contributed by atoms with E-state index in [1.54, 1.807) is 30.7 Å². The molecule has 134 valence electrons. The Hall–Kier alpha value is -3.52. The molecule has 0 saturated carbocycles. The maximum absolute atomic E-state index is 14.0. The van der Waals surface area contributed by atoms with Gasteiger partial charge in [0.05, 0.1) is 0 Å². The van der Waals surface area contributed by atoms with Gasteiger partial charge in [0.1, 0.15) is 23.5 Å². The largest absolute Gasteiger partial charge is 0.459 e. The van der Waals surface area contributed by atoms with Crippen molar-refractivity contribution in [2.75, 3.05) is 5.32 Å². The van der Waals surface area contributed by atoms with Gasteiger partial charge in [-0.25, -0.2) is 13.6 Å². The van der Waals surface area contributed by atoms with Crippen LogP contribution in [0.15, 0.2) is 70.7 Å². The Labute approximate surface area is 153 Å². The third-order valence-corrected chi connectivity index (χ3v) is 4.34. The fourth-order valence-corrected chi connectivity index (χ4v) is 2.96. The molecule has 0 fully saturated rings. The van der Waals surface area contributed by atoms with E-state index in [4.69, 9.17) is 0 Å². The third-order valence-electron chi connectivity index (χ3n) is 4.34. The predicted octanol–water partition coefficient (Wildman–Crippen LogP) is 4.06. The Bertz CT molecular complexity index is 1040. The van der Waals surface area contributed by atoms with Crippen LogP contribution in [-0.2, 0) is 0 Å². The number of carbonyl (C=O) groups excluding carboxylic acids is 1. The first-order valence-corrected chi connectivity index (χ1v) is 8.10. The molecule has 2 amide bonds. The molecule has 1 atom stereocenters. The summed E-state index contributed by atoms with van der Waals surface area (Å²) >= 11 is 0. The molecule has 2 aromatic rings. The Balaban J connectivity index is 1.78. The zero-order valence-corrected chi connectivity index (χ0v) is 14.2. The molecular weight excluding hydrogens is 352 g/mol. The van der Waals surface area contributed by atoms with E-state index in [1.165, 1.54) is 12.4 Å². The smallest absolute Gasteiger partial charge is 0.267 e. The number of amides is 2. The summed E-state index contributed by atoms with van der Waals surface area (Å²) in [6.45, 7) is 1.88. The Morgan fingerprint density at radius 3 is 2.63 bits per heavy atom. The minimum absolute atomic E-state index is 0.328. The molecule has 3 heterocycles. The Morgan fingerprint density at radius 1 is 1.15 bits per heavy atom. The average Bonchev–Trinajstić information content (AvgIpc) is 3.08. The molecule has 1 N–H and O–H groups in total. The SMILES string of the molecule is CC1=CC2=NC=N[N+]2(C(=O)Nc2c(F)cccc2F)C=C1c1cccnc1. The van der Waals surface area contributed by atoms with Crippen LogP contribution in [0.5, 0.6) is 0 Å². The number of allylic oxidation sites excluding steroid dienone is 2. The normalized spacial score (nSPS) is 20.5. The highest BCUT2D eigenvalue weighted by Gasteiger charge is 2.47. The lowest BCUT2D eigenvalue weighted by atomic mass is 9.98. The lowest BCUT2D eigenvalue weighted by Gasteiger charge is -2.26. The highest BCUT2D eigenvalue weighted by molar-refractivity contribution is 6.07. The number of quaternary nitrogens is 1. The topological polar surface area (TPSA) is 66.7 Å². The second kappa shape index (κ2) is 6.33. The summed E-state index contributed by atoms with van der Waals surface area (Å²) in [7, 11) is 0. The fraction of sp³-hybridized carbons (Fsp3) is 0.0526. The van der Waals surface area contributed by atoms with Crippen molar-refractivity contribution in [2.24, 2.45) is 10.1 Å². The number of aromatic nitrogens is 1. The monoisotopic (exact) mass is 366 g/mol. The number of anilines is 1. The number of benzene rings is 1. The second-order valence-corrected chi connectivity index (χ2v) is 6.04. The lowest BCUT2D eigenvalue weighted by molar-refractivity contribution is -0.700. The van der Waals surface area contributed by atoms with Crippen molar-refractivity contribution in [2.45, 2.75) is 6.92 Å². The van der Waals surface area contributed by atoms with Crippen LogP contribution in [0.4, 0.5) is 19.3 Å². The minimum Gasteiger partial charge on any atom is -0.267 e. The van der Waals surface area contributed by atoms with Gasteiger partial charge in [0.25, 0.3) is 5.84 Å². The number of nitrogens with one attached hydrogen (secondary N) is 1. The molecular formula is C19H14F2N5O+. The highest BCUT2D eigenvalue weighted by Crippen LogP contribution is 2.34. The van der Waals surface area contributed by atoms with Crippen LogP contribution < -0.4 is 5.32 Å². The van der Waals surface area contributed by atoms with Crippen LogP contribution in [0.25, 0.3) is 5.57 Å². The summed E-state index contributed by atoms with van der Waals surface area (Å²) in [6, 6.07) is 6.23. The van der Waals surface area contributed by atoms with Crippen molar-refractivity contribution < 1.29 is 18.2 Å². The number of para-hydroxylation sites is 1. The zero-order valence-electron chi connectivity index (χ0n) is 14.2. The van der Waals surface area contributed by atoms with Gasteiger partial charge in [0.2, 0.25) is 0 Å². The van der Waals surface area contributed by atoms with Crippen LogP contribution in [0.1, 0.15) is 12.5 Å². The van der Waals surface area contributed by atoms with Crippen molar-refractivity contribution in [3.05, 3.63) is 77.8 Å². The van der Waals surface area contributed by atoms with E-state index in [9.17, 15) is 13.6 Å². The van der Waals surface area contributed by atoms with Crippen LogP contribution in [0.3, 0.4) is 0 Å². The number of rotatable bonds is 2. The molecule has 2 aliphatic rings. The maximum atomic E-state index is 14.0. The van der Waals surface area contributed by atoms with E-state index in [1.807, 2.05) is 13.0 Å². The van der Waals surface area contributed by atoms with Crippen molar-refractivity contribution in [3.8, 4) is 0 Å². The summed E-state index contributed by atoms with van der Waals surface area (Å²) in [5.41, 5.74) is 1.85. The van der Waals surface area contributed by atoms with Gasteiger partial charge < -0.3 is 0 Å². The molecule has 0 radical (unpaired) electrons. The number of urea groups is 1. The fourth-order valence-electron chi connectivity index (χ4n) is 2.96. The highest BCUT2D eigenvalue weighted by atomic mass is 19.1. The van der Waals surface area contributed by atoms with Crippen LogP contribution >= 0.6 is 0 Å². The van der Waals surface area contributed by atoms with E-state index >= 15 is 0 Å². The number of hydrogen-bond donors (Lipinski definition) is 1.